The van der Waals surface area contributed by atoms with Gasteiger partial charge in [-0.2, -0.15) is 13.5 Å². The van der Waals surface area contributed by atoms with E-state index in [2.05, 4.69) is 152 Å². The molecule has 198 valence electrons. The second-order valence-electron chi connectivity index (χ2n) is 8.92. The molecule has 0 aliphatic carbocycles. The molecule has 6 rings (SSSR count). The molecule has 0 saturated heterocycles. The highest BCUT2D eigenvalue weighted by atomic mass is 32.2. The maximum absolute atomic E-state index is 5.18. The maximum atomic E-state index is 5.18. The lowest BCUT2D eigenvalue weighted by Gasteiger charge is -2.07. The van der Waals surface area contributed by atoms with Gasteiger partial charge in [0, 0.05) is 0 Å². The number of hydrogen-bond acceptors (Lipinski definition) is 1. The summed E-state index contributed by atoms with van der Waals surface area (Å²) in [4.78, 5) is 4.08. The lowest BCUT2D eigenvalue weighted by molar-refractivity contribution is 0.415. The first-order valence-corrected chi connectivity index (χ1v) is 14.2. The van der Waals surface area contributed by atoms with Crippen molar-refractivity contribution in [3.8, 4) is 28.0 Å². The van der Waals surface area contributed by atoms with Gasteiger partial charge in [-0.3, -0.25) is 0 Å². The molecule has 0 aliphatic heterocycles. The highest BCUT2D eigenvalue weighted by molar-refractivity contribution is 7.97. The molecule has 3 heteroatoms. The van der Waals surface area contributed by atoms with E-state index in [9.17, 15) is 0 Å². The molecule has 40 heavy (non-hydrogen) atoms. The van der Waals surface area contributed by atoms with Crippen LogP contribution in [0, 0.1) is 0 Å². The van der Waals surface area contributed by atoms with Crippen molar-refractivity contribution in [3.05, 3.63) is 170 Å². The number of ether oxygens (including phenoxy) is 1. The Labute approximate surface area is 247 Å². The summed E-state index contributed by atoms with van der Waals surface area (Å²) in [6.45, 7) is 0. The van der Waals surface area contributed by atoms with Gasteiger partial charge in [0.2, 0.25) is 0 Å². The summed E-state index contributed by atoms with van der Waals surface area (Å²) in [5.41, 5.74) is 4.90. The largest absolute Gasteiger partial charge is 0.497 e. The molecule has 0 aliphatic rings. The third kappa shape index (κ3) is 7.47. The zero-order valence-corrected chi connectivity index (χ0v) is 24.3. The van der Waals surface area contributed by atoms with Crippen molar-refractivity contribution in [2.24, 2.45) is 0 Å². The van der Waals surface area contributed by atoms with Crippen molar-refractivity contribution in [3.63, 3.8) is 0 Å². The van der Waals surface area contributed by atoms with Crippen molar-refractivity contribution in [1.29, 1.82) is 0 Å². The molecule has 0 aromatic heterocycles. The quantitative estimate of drug-likeness (QED) is 0.185. The van der Waals surface area contributed by atoms with E-state index in [1.54, 1.807) is 7.11 Å². The van der Waals surface area contributed by atoms with Crippen LogP contribution in [0.4, 0.5) is 0 Å². The van der Waals surface area contributed by atoms with Crippen LogP contribution in [0.5, 0.6) is 5.75 Å². The van der Waals surface area contributed by atoms with Gasteiger partial charge in [-0.15, -0.1) is 0 Å². The first-order chi connectivity index (χ1) is 19.3. The topological polar surface area (TPSA) is 9.23 Å². The van der Waals surface area contributed by atoms with Crippen molar-refractivity contribution in [1.82, 2.24) is 0 Å². The summed E-state index contributed by atoms with van der Waals surface area (Å²) in [6, 6.07) is 59.3. The first-order valence-electron chi connectivity index (χ1n) is 13.0. The standard InChI is InChI=1S/C19H16O.C18H15S.H2S/c1-20-19-13-11-18(12-14-19)17-9-7-16(8-10-17)15-5-3-2-4-6-15;1-4-10-16(11-5-1)19(17-12-6-2-7-13-17)18-14-8-3-9-15-18;/h2-14H,1H3;1-15H;1H2/q;+1;. The third-order valence-corrected chi connectivity index (χ3v) is 8.58. The van der Waals surface area contributed by atoms with Crippen LogP contribution in [0.25, 0.3) is 22.3 Å². The van der Waals surface area contributed by atoms with Crippen LogP contribution in [0.3, 0.4) is 0 Å². The molecule has 0 fully saturated rings. The predicted molar refractivity (Wildman–Crippen MR) is 176 cm³/mol. The van der Waals surface area contributed by atoms with Crippen LogP contribution in [0.1, 0.15) is 0 Å². The minimum absolute atomic E-state index is 0. The van der Waals surface area contributed by atoms with Gasteiger partial charge in [0.05, 0.1) is 18.0 Å². The minimum Gasteiger partial charge on any atom is -0.497 e. The summed E-state index contributed by atoms with van der Waals surface area (Å²) in [5.74, 6) is 0.884. The summed E-state index contributed by atoms with van der Waals surface area (Å²) in [7, 11) is 1.67. The van der Waals surface area contributed by atoms with Crippen molar-refractivity contribution < 1.29 is 4.74 Å². The molecule has 0 spiro atoms. The maximum Gasteiger partial charge on any atom is 0.166 e. The number of hydrogen-bond donors (Lipinski definition) is 0. The molecule has 0 radical (unpaired) electrons. The van der Waals surface area contributed by atoms with E-state index < -0.39 is 0 Å². The Balaban J connectivity index is 0.000000181. The minimum atomic E-state index is -0.0146. The average molecular weight is 558 g/mol. The van der Waals surface area contributed by atoms with Gasteiger partial charge in [-0.1, -0.05) is 121 Å². The zero-order valence-electron chi connectivity index (χ0n) is 22.5. The van der Waals surface area contributed by atoms with Gasteiger partial charge in [0.1, 0.15) is 5.75 Å². The van der Waals surface area contributed by atoms with E-state index in [0.717, 1.165) is 5.75 Å². The molecular weight excluding hydrogens is 525 g/mol. The fourth-order valence-electron chi connectivity index (χ4n) is 4.35. The van der Waals surface area contributed by atoms with Crippen LogP contribution >= 0.6 is 13.5 Å². The van der Waals surface area contributed by atoms with Gasteiger partial charge in [0.15, 0.2) is 14.7 Å². The summed E-state index contributed by atoms with van der Waals surface area (Å²) < 4.78 is 5.18. The Morgan fingerprint density at radius 2 is 0.625 bits per heavy atom. The van der Waals surface area contributed by atoms with E-state index in [-0.39, 0.29) is 24.4 Å². The number of benzene rings is 6. The molecule has 0 amide bonds. The monoisotopic (exact) mass is 557 g/mol. The SMILES string of the molecule is COc1ccc(-c2ccc(-c3ccccc3)cc2)cc1.S.c1ccc([S+](c2ccccc2)c2ccccc2)cc1. The normalized spacial score (nSPS) is 10.2. The molecule has 6 aromatic rings. The zero-order chi connectivity index (χ0) is 26.7. The Hall–Kier alpha value is -4.18. The Bertz CT molecular complexity index is 1440. The average Bonchev–Trinajstić information content (AvgIpc) is 3.04. The smallest absolute Gasteiger partial charge is 0.166 e. The van der Waals surface area contributed by atoms with Gasteiger partial charge < -0.3 is 4.74 Å². The van der Waals surface area contributed by atoms with Crippen LogP contribution in [-0.2, 0) is 10.9 Å². The lowest BCUT2D eigenvalue weighted by atomic mass is 10.0. The van der Waals surface area contributed by atoms with E-state index in [4.69, 9.17) is 4.74 Å². The molecule has 0 saturated carbocycles. The molecule has 6 aromatic carbocycles. The van der Waals surface area contributed by atoms with Crippen LogP contribution in [0.15, 0.2) is 185 Å². The molecule has 0 atom stereocenters. The second-order valence-corrected chi connectivity index (χ2v) is 10.9. The summed E-state index contributed by atoms with van der Waals surface area (Å²) in [6.07, 6.45) is 0. The van der Waals surface area contributed by atoms with Crippen LogP contribution in [0.2, 0.25) is 0 Å². The highest BCUT2D eigenvalue weighted by Gasteiger charge is 2.27. The predicted octanol–water partition coefficient (Wildman–Crippen LogP) is 9.92. The second kappa shape index (κ2) is 14.8. The highest BCUT2D eigenvalue weighted by Crippen LogP contribution is 2.30. The van der Waals surface area contributed by atoms with E-state index >= 15 is 0 Å². The molecule has 1 nitrogen and oxygen atoms in total. The molecular formula is C37H33OS2+. The van der Waals surface area contributed by atoms with Gasteiger partial charge in [-0.25, -0.2) is 0 Å². The Morgan fingerprint density at radius 3 is 0.950 bits per heavy atom. The Morgan fingerprint density at radius 1 is 0.350 bits per heavy atom. The lowest BCUT2D eigenvalue weighted by Crippen LogP contribution is -2.04. The summed E-state index contributed by atoms with van der Waals surface area (Å²) >= 11 is 0. The van der Waals surface area contributed by atoms with E-state index in [0.29, 0.717) is 0 Å². The number of rotatable bonds is 6. The fourth-order valence-corrected chi connectivity index (χ4v) is 6.45. The third-order valence-electron chi connectivity index (χ3n) is 6.35. The van der Waals surface area contributed by atoms with E-state index in [1.807, 2.05) is 18.2 Å². The summed E-state index contributed by atoms with van der Waals surface area (Å²) in [5, 5.41) is 0. The van der Waals surface area contributed by atoms with Gasteiger partial charge in [0.25, 0.3) is 0 Å². The molecule has 0 heterocycles. The van der Waals surface area contributed by atoms with Crippen molar-refractivity contribution in [2.45, 2.75) is 14.7 Å². The van der Waals surface area contributed by atoms with Crippen LogP contribution < -0.4 is 4.74 Å². The number of methoxy groups -OCH3 is 1. The molecule has 0 N–H and O–H groups in total. The fraction of sp³-hybridized carbons (Fsp3) is 0.0270. The van der Waals surface area contributed by atoms with Gasteiger partial charge >= 0.3 is 0 Å². The first kappa shape index (κ1) is 28.8. The van der Waals surface area contributed by atoms with Crippen molar-refractivity contribution in [2.75, 3.05) is 7.11 Å². The Kier molecular flexibility index (Phi) is 10.7. The van der Waals surface area contributed by atoms with E-state index in [1.165, 1.54) is 36.9 Å². The molecule has 0 bridgehead atoms. The van der Waals surface area contributed by atoms with Crippen molar-refractivity contribution >= 4 is 24.4 Å². The van der Waals surface area contributed by atoms with Crippen LogP contribution in [-0.4, -0.2) is 7.11 Å². The molecule has 0 unspecified atom stereocenters. The van der Waals surface area contributed by atoms with Gasteiger partial charge in [-0.05, 0) is 70.8 Å².